The van der Waals surface area contributed by atoms with Crippen LogP contribution in [0.4, 0.5) is 0 Å². The predicted octanol–water partition coefficient (Wildman–Crippen LogP) is 2.32. The van der Waals surface area contributed by atoms with Crippen molar-refractivity contribution in [3.63, 3.8) is 0 Å². The van der Waals surface area contributed by atoms with Crippen molar-refractivity contribution in [3.05, 3.63) is 0 Å². The predicted molar refractivity (Wildman–Crippen MR) is 58.1 cm³/mol. The summed E-state index contributed by atoms with van der Waals surface area (Å²) in [5.74, 6) is 0.881. The Morgan fingerprint density at radius 1 is 1.29 bits per heavy atom. The first-order chi connectivity index (χ1) is 6.64. The second kappa shape index (κ2) is 3.82. The summed E-state index contributed by atoms with van der Waals surface area (Å²) < 4.78 is 5.88. The minimum absolute atomic E-state index is 0.356. The van der Waals surface area contributed by atoms with Gasteiger partial charge in [-0.25, -0.2) is 0 Å². The molecule has 2 heteroatoms. The number of nitrogens with two attached hydrogens (primary N) is 1. The summed E-state index contributed by atoms with van der Waals surface area (Å²) >= 11 is 0. The van der Waals surface area contributed by atoms with Gasteiger partial charge in [-0.15, -0.1) is 0 Å². The molecule has 82 valence electrons. The molecule has 1 heterocycles. The fraction of sp³-hybridized carbons (Fsp3) is 1.00. The van der Waals surface area contributed by atoms with E-state index in [-0.39, 0.29) is 0 Å². The summed E-state index contributed by atoms with van der Waals surface area (Å²) in [6.07, 6.45) is 7.38. The summed E-state index contributed by atoms with van der Waals surface area (Å²) in [6.45, 7) is 5.35. The van der Waals surface area contributed by atoms with Crippen LogP contribution in [0.1, 0.15) is 46.0 Å². The summed E-state index contributed by atoms with van der Waals surface area (Å²) in [6, 6.07) is 0. The van der Waals surface area contributed by atoms with Crippen molar-refractivity contribution >= 4 is 0 Å². The first-order valence-corrected chi connectivity index (χ1v) is 5.99. The Bertz CT molecular complexity index is 202. The van der Waals surface area contributed by atoms with Crippen LogP contribution in [0.2, 0.25) is 0 Å². The van der Waals surface area contributed by atoms with E-state index in [4.69, 9.17) is 10.5 Å². The van der Waals surface area contributed by atoms with Gasteiger partial charge in [0.1, 0.15) is 0 Å². The molecular weight excluding hydrogens is 174 g/mol. The fourth-order valence-corrected chi connectivity index (χ4v) is 2.75. The monoisotopic (exact) mass is 197 g/mol. The van der Waals surface area contributed by atoms with Gasteiger partial charge in [-0.3, -0.25) is 0 Å². The minimum atomic E-state index is 0.356. The Morgan fingerprint density at radius 2 is 2.00 bits per heavy atom. The molecule has 2 fully saturated rings. The topological polar surface area (TPSA) is 35.2 Å². The van der Waals surface area contributed by atoms with E-state index in [1.54, 1.807) is 0 Å². The average Bonchev–Trinajstić information content (AvgIpc) is 2.93. The van der Waals surface area contributed by atoms with Crippen LogP contribution in [0.3, 0.4) is 0 Å². The van der Waals surface area contributed by atoms with Gasteiger partial charge >= 0.3 is 0 Å². The van der Waals surface area contributed by atoms with Gasteiger partial charge in [0.15, 0.2) is 0 Å². The lowest BCUT2D eigenvalue weighted by Crippen LogP contribution is -2.33. The second-order valence-corrected chi connectivity index (χ2v) is 5.48. The lowest BCUT2D eigenvalue weighted by molar-refractivity contribution is 0.0219. The third-order valence-corrected chi connectivity index (χ3v) is 4.04. The zero-order chi connectivity index (χ0) is 10.2. The van der Waals surface area contributed by atoms with E-state index < -0.39 is 0 Å². The number of rotatable bonds is 4. The van der Waals surface area contributed by atoms with E-state index in [1.807, 2.05) is 0 Å². The third kappa shape index (κ3) is 2.12. The molecule has 3 unspecified atom stereocenters. The van der Waals surface area contributed by atoms with Gasteiger partial charge in [-0.2, -0.15) is 0 Å². The van der Waals surface area contributed by atoms with Crippen molar-refractivity contribution in [1.82, 2.24) is 0 Å². The van der Waals surface area contributed by atoms with Crippen LogP contribution in [0.15, 0.2) is 0 Å². The van der Waals surface area contributed by atoms with Crippen LogP contribution >= 0.6 is 0 Å². The lowest BCUT2D eigenvalue weighted by Gasteiger charge is -2.30. The maximum absolute atomic E-state index is 5.91. The Balaban J connectivity index is 1.87. The van der Waals surface area contributed by atoms with Crippen molar-refractivity contribution < 1.29 is 4.74 Å². The quantitative estimate of drug-likeness (QED) is 0.750. The normalized spacial score (nSPS) is 37.1. The van der Waals surface area contributed by atoms with Gasteiger partial charge in [-0.1, -0.05) is 6.92 Å². The van der Waals surface area contributed by atoms with Crippen LogP contribution in [0.25, 0.3) is 0 Å². The van der Waals surface area contributed by atoms with Crippen molar-refractivity contribution in [2.45, 2.75) is 58.2 Å². The zero-order valence-corrected chi connectivity index (χ0v) is 9.46. The van der Waals surface area contributed by atoms with Crippen LogP contribution < -0.4 is 5.73 Å². The molecule has 0 aromatic rings. The van der Waals surface area contributed by atoms with Gasteiger partial charge in [0.2, 0.25) is 0 Å². The molecule has 1 aliphatic carbocycles. The molecule has 1 saturated carbocycles. The zero-order valence-electron chi connectivity index (χ0n) is 9.46. The fourth-order valence-electron chi connectivity index (χ4n) is 2.75. The van der Waals surface area contributed by atoms with Gasteiger partial charge in [0, 0.05) is 0 Å². The minimum Gasteiger partial charge on any atom is -0.375 e. The van der Waals surface area contributed by atoms with E-state index in [2.05, 4.69) is 13.8 Å². The molecule has 0 radical (unpaired) electrons. The standard InChI is InChI=1S/C12H23NO/c1-9-3-6-11(14-9)7-12(2,8-13)10-4-5-10/h9-11H,3-8,13H2,1-2H3. The Morgan fingerprint density at radius 3 is 2.43 bits per heavy atom. The molecule has 0 spiro atoms. The SMILES string of the molecule is CC1CCC(CC(C)(CN)C2CC2)O1. The summed E-state index contributed by atoms with van der Waals surface area (Å²) in [5.41, 5.74) is 6.26. The van der Waals surface area contributed by atoms with Crippen LogP contribution in [0.5, 0.6) is 0 Å². The molecule has 0 amide bonds. The molecule has 1 aliphatic heterocycles. The van der Waals surface area contributed by atoms with Crippen LogP contribution in [-0.2, 0) is 4.74 Å². The van der Waals surface area contributed by atoms with Crippen molar-refractivity contribution in [3.8, 4) is 0 Å². The molecule has 2 N–H and O–H groups in total. The molecule has 0 aromatic carbocycles. The molecule has 0 bridgehead atoms. The summed E-state index contributed by atoms with van der Waals surface area (Å²) in [5, 5.41) is 0. The summed E-state index contributed by atoms with van der Waals surface area (Å²) in [7, 11) is 0. The number of ether oxygens (including phenoxy) is 1. The Hall–Kier alpha value is -0.0800. The van der Waals surface area contributed by atoms with Gasteiger partial charge in [0.25, 0.3) is 0 Å². The molecule has 1 saturated heterocycles. The van der Waals surface area contributed by atoms with Crippen molar-refractivity contribution in [1.29, 1.82) is 0 Å². The van der Waals surface area contributed by atoms with E-state index in [1.165, 1.54) is 32.1 Å². The molecule has 0 aromatic heterocycles. The van der Waals surface area contributed by atoms with E-state index >= 15 is 0 Å². The Kier molecular flexibility index (Phi) is 2.85. The van der Waals surface area contributed by atoms with Gasteiger partial charge < -0.3 is 10.5 Å². The third-order valence-electron chi connectivity index (χ3n) is 4.04. The highest BCUT2D eigenvalue weighted by molar-refractivity contribution is 4.94. The highest BCUT2D eigenvalue weighted by Gasteiger charge is 2.42. The molecule has 2 aliphatic rings. The molecule has 2 rings (SSSR count). The first-order valence-electron chi connectivity index (χ1n) is 5.99. The highest BCUT2D eigenvalue weighted by atomic mass is 16.5. The van der Waals surface area contributed by atoms with E-state index in [0.29, 0.717) is 17.6 Å². The smallest absolute Gasteiger partial charge is 0.0585 e. The molecule has 14 heavy (non-hydrogen) atoms. The molecule has 3 atom stereocenters. The van der Waals surface area contributed by atoms with Crippen LogP contribution in [0, 0.1) is 11.3 Å². The largest absolute Gasteiger partial charge is 0.375 e. The van der Waals surface area contributed by atoms with E-state index in [9.17, 15) is 0 Å². The first kappa shape index (κ1) is 10.4. The average molecular weight is 197 g/mol. The van der Waals surface area contributed by atoms with Crippen LogP contribution in [-0.4, -0.2) is 18.8 Å². The van der Waals surface area contributed by atoms with Gasteiger partial charge in [-0.05, 0) is 56.9 Å². The second-order valence-electron chi connectivity index (χ2n) is 5.48. The number of hydrogen-bond acceptors (Lipinski definition) is 2. The number of hydrogen-bond donors (Lipinski definition) is 1. The summed E-state index contributed by atoms with van der Waals surface area (Å²) in [4.78, 5) is 0. The Labute approximate surface area is 87.2 Å². The molecular formula is C12H23NO. The maximum Gasteiger partial charge on any atom is 0.0585 e. The van der Waals surface area contributed by atoms with Gasteiger partial charge in [0.05, 0.1) is 12.2 Å². The maximum atomic E-state index is 5.91. The van der Waals surface area contributed by atoms with E-state index in [0.717, 1.165) is 12.5 Å². The van der Waals surface area contributed by atoms with Crippen molar-refractivity contribution in [2.24, 2.45) is 17.1 Å². The lowest BCUT2D eigenvalue weighted by atomic mass is 9.79. The molecule has 2 nitrogen and oxygen atoms in total. The van der Waals surface area contributed by atoms with Crippen molar-refractivity contribution in [2.75, 3.05) is 6.54 Å². The highest BCUT2D eigenvalue weighted by Crippen LogP contribution is 2.48.